The molecule has 2 N–H and O–H groups in total. The van der Waals surface area contributed by atoms with Gasteiger partial charge in [0.05, 0.1) is 10.7 Å². The Hall–Kier alpha value is -0.730. The molecule has 0 spiro atoms. The first-order valence-corrected chi connectivity index (χ1v) is 7.39. The maximum absolute atomic E-state index is 6.40. The molecular weight excluding hydrogens is 244 g/mol. The van der Waals surface area contributed by atoms with Crippen LogP contribution in [0.1, 0.15) is 44.6 Å². The fourth-order valence-electron chi connectivity index (χ4n) is 2.93. The number of rotatable bonds is 4. The van der Waals surface area contributed by atoms with E-state index >= 15 is 0 Å². The lowest BCUT2D eigenvalue weighted by Crippen LogP contribution is -2.36. The van der Waals surface area contributed by atoms with Crippen molar-refractivity contribution in [3.05, 3.63) is 28.8 Å². The Labute approximate surface area is 115 Å². The second-order valence-corrected chi connectivity index (χ2v) is 5.47. The number of nitrogens with two attached hydrogens (primary N) is 1. The Balaban J connectivity index is 2.20. The Morgan fingerprint density at radius 1 is 1.28 bits per heavy atom. The number of halogens is 1. The van der Waals surface area contributed by atoms with Crippen LogP contribution in [-0.2, 0) is 6.54 Å². The van der Waals surface area contributed by atoms with Crippen molar-refractivity contribution in [1.82, 2.24) is 0 Å². The minimum Gasteiger partial charge on any atom is -0.368 e. The van der Waals surface area contributed by atoms with Crippen LogP contribution < -0.4 is 10.6 Å². The molecule has 0 amide bonds. The van der Waals surface area contributed by atoms with Crippen LogP contribution in [0.25, 0.3) is 0 Å². The second kappa shape index (κ2) is 6.44. The van der Waals surface area contributed by atoms with Crippen molar-refractivity contribution in [2.45, 2.75) is 51.6 Å². The smallest absolute Gasteiger partial charge is 0.0642 e. The van der Waals surface area contributed by atoms with Crippen LogP contribution in [0.4, 0.5) is 5.69 Å². The van der Waals surface area contributed by atoms with E-state index in [9.17, 15) is 0 Å². The van der Waals surface area contributed by atoms with Gasteiger partial charge < -0.3 is 10.6 Å². The topological polar surface area (TPSA) is 29.3 Å². The van der Waals surface area contributed by atoms with Crippen LogP contribution >= 0.6 is 11.6 Å². The van der Waals surface area contributed by atoms with Crippen molar-refractivity contribution in [1.29, 1.82) is 0 Å². The van der Waals surface area contributed by atoms with Gasteiger partial charge in [0.2, 0.25) is 0 Å². The quantitative estimate of drug-likeness (QED) is 0.894. The van der Waals surface area contributed by atoms with Crippen molar-refractivity contribution >= 4 is 17.3 Å². The molecule has 0 unspecified atom stereocenters. The number of hydrogen-bond acceptors (Lipinski definition) is 2. The van der Waals surface area contributed by atoms with Crippen LogP contribution in [0, 0.1) is 0 Å². The first-order valence-electron chi connectivity index (χ1n) is 7.01. The summed E-state index contributed by atoms with van der Waals surface area (Å²) in [6.45, 7) is 3.78. The predicted octanol–water partition coefficient (Wildman–Crippen LogP) is 3.96. The lowest BCUT2D eigenvalue weighted by atomic mass is 9.93. The molecule has 18 heavy (non-hydrogen) atoms. The molecule has 2 rings (SSSR count). The highest BCUT2D eigenvalue weighted by molar-refractivity contribution is 6.33. The van der Waals surface area contributed by atoms with Crippen molar-refractivity contribution < 1.29 is 0 Å². The van der Waals surface area contributed by atoms with Crippen LogP contribution in [0.3, 0.4) is 0 Å². The molecule has 0 aromatic heterocycles. The van der Waals surface area contributed by atoms with E-state index in [-0.39, 0.29) is 0 Å². The monoisotopic (exact) mass is 266 g/mol. The standard InChI is InChI=1S/C15H23ClN2/c1-2-18(13-6-4-3-5-7-13)15-9-8-12(11-17)10-14(15)16/h8-10,13H,2-7,11,17H2,1H3. The molecule has 0 aliphatic heterocycles. The minimum absolute atomic E-state index is 0.551. The molecule has 0 radical (unpaired) electrons. The van der Waals surface area contributed by atoms with Crippen molar-refractivity contribution in [2.24, 2.45) is 5.73 Å². The molecule has 100 valence electrons. The third kappa shape index (κ3) is 2.99. The van der Waals surface area contributed by atoms with E-state index in [0.29, 0.717) is 12.6 Å². The van der Waals surface area contributed by atoms with Crippen molar-refractivity contribution in [3.8, 4) is 0 Å². The summed E-state index contributed by atoms with van der Waals surface area (Å²) in [4.78, 5) is 2.46. The molecule has 1 aromatic rings. The molecule has 1 saturated carbocycles. The van der Waals surface area contributed by atoms with E-state index in [2.05, 4.69) is 24.0 Å². The number of benzene rings is 1. The molecule has 1 fully saturated rings. The van der Waals surface area contributed by atoms with Gasteiger partial charge in [-0.1, -0.05) is 36.9 Å². The van der Waals surface area contributed by atoms with Gasteiger partial charge in [0.15, 0.2) is 0 Å². The SMILES string of the molecule is CCN(c1ccc(CN)cc1Cl)C1CCCCC1. The molecule has 1 aromatic carbocycles. The fourth-order valence-corrected chi connectivity index (χ4v) is 3.24. The zero-order valence-corrected chi connectivity index (χ0v) is 11.9. The summed E-state index contributed by atoms with van der Waals surface area (Å²) in [6, 6.07) is 6.88. The molecule has 0 atom stereocenters. The maximum Gasteiger partial charge on any atom is 0.0642 e. The Morgan fingerprint density at radius 2 is 2.00 bits per heavy atom. The normalized spacial score (nSPS) is 16.8. The summed E-state index contributed by atoms with van der Waals surface area (Å²) < 4.78 is 0. The van der Waals surface area contributed by atoms with E-state index in [1.54, 1.807) is 0 Å². The van der Waals surface area contributed by atoms with Gasteiger partial charge in [-0.05, 0) is 37.5 Å². The van der Waals surface area contributed by atoms with Gasteiger partial charge in [-0.15, -0.1) is 0 Å². The van der Waals surface area contributed by atoms with Gasteiger partial charge in [0.1, 0.15) is 0 Å². The average Bonchev–Trinajstić information content (AvgIpc) is 2.42. The van der Waals surface area contributed by atoms with Gasteiger partial charge >= 0.3 is 0 Å². The van der Waals surface area contributed by atoms with Crippen LogP contribution in [0.2, 0.25) is 5.02 Å². The number of nitrogens with zero attached hydrogens (tertiary/aromatic N) is 1. The largest absolute Gasteiger partial charge is 0.368 e. The van der Waals surface area contributed by atoms with E-state index in [1.807, 2.05) is 6.07 Å². The van der Waals surface area contributed by atoms with Crippen LogP contribution in [-0.4, -0.2) is 12.6 Å². The highest BCUT2D eigenvalue weighted by Gasteiger charge is 2.21. The van der Waals surface area contributed by atoms with E-state index in [4.69, 9.17) is 17.3 Å². The summed E-state index contributed by atoms with van der Waals surface area (Å²) in [7, 11) is 0. The second-order valence-electron chi connectivity index (χ2n) is 5.07. The molecule has 0 bridgehead atoms. The molecule has 1 aliphatic carbocycles. The summed E-state index contributed by atoms with van der Waals surface area (Å²) in [5.41, 5.74) is 7.92. The summed E-state index contributed by atoms with van der Waals surface area (Å²) >= 11 is 6.40. The summed E-state index contributed by atoms with van der Waals surface area (Å²) in [6.07, 6.45) is 6.67. The van der Waals surface area contributed by atoms with Crippen molar-refractivity contribution in [2.75, 3.05) is 11.4 Å². The Kier molecular flexibility index (Phi) is 4.90. The van der Waals surface area contributed by atoms with Gasteiger partial charge in [0, 0.05) is 19.1 Å². The van der Waals surface area contributed by atoms with Gasteiger partial charge in [-0.2, -0.15) is 0 Å². The highest BCUT2D eigenvalue weighted by Crippen LogP contribution is 2.32. The Bertz CT molecular complexity index is 386. The van der Waals surface area contributed by atoms with Crippen molar-refractivity contribution in [3.63, 3.8) is 0 Å². The third-order valence-electron chi connectivity index (χ3n) is 3.91. The first kappa shape index (κ1) is 13.7. The lowest BCUT2D eigenvalue weighted by molar-refractivity contribution is 0.418. The molecule has 0 heterocycles. The summed E-state index contributed by atoms with van der Waals surface area (Å²) in [5, 5.41) is 0.838. The van der Waals surface area contributed by atoms with Crippen LogP contribution in [0.5, 0.6) is 0 Å². The highest BCUT2D eigenvalue weighted by atomic mass is 35.5. The molecule has 2 nitrogen and oxygen atoms in total. The number of hydrogen-bond donors (Lipinski definition) is 1. The molecule has 0 saturated heterocycles. The molecular formula is C15H23ClN2. The zero-order chi connectivity index (χ0) is 13.0. The number of anilines is 1. The summed E-state index contributed by atoms with van der Waals surface area (Å²) in [5.74, 6) is 0. The third-order valence-corrected chi connectivity index (χ3v) is 4.22. The van der Waals surface area contributed by atoms with Gasteiger partial charge in [-0.3, -0.25) is 0 Å². The average molecular weight is 267 g/mol. The first-order chi connectivity index (χ1) is 8.76. The van der Waals surface area contributed by atoms with E-state index in [0.717, 1.165) is 17.1 Å². The van der Waals surface area contributed by atoms with E-state index < -0.39 is 0 Å². The predicted molar refractivity (Wildman–Crippen MR) is 79.2 cm³/mol. The van der Waals surface area contributed by atoms with Gasteiger partial charge in [0.25, 0.3) is 0 Å². The lowest BCUT2D eigenvalue weighted by Gasteiger charge is -2.36. The van der Waals surface area contributed by atoms with E-state index in [1.165, 1.54) is 37.8 Å². The maximum atomic E-state index is 6.40. The van der Waals surface area contributed by atoms with Gasteiger partial charge in [-0.25, -0.2) is 0 Å². The molecule has 3 heteroatoms. The Morgan fingerprint density at radius 3 is 2.56 bits per heavy atom. The fraction of sp³-hybridized carbons (Fsp3) is 0.600. The molecule has 1 aliphatic rings. The minimum atomic E-state index is 0.551. The zero-order valence-electron chi connectivity index (χ0n) is 11.2. The van der Waals surface area contributed by atoms with Crippen LogP contribution in [0.15, 0.2) is 18.2 Å².